The first-order chi connectivity index (χ1) is 4.16. The lowest BCUT2D eigenvalue weighted by atomic mass is 10.1. The van der Waals surface area contributed by atoms with Crippen LogP contribution in [0.3, 0.4) is 0 Å². The van der Waals surface area contributed by atoms with Gasteiger partial charge in [-0.2, -0.15) is 0 Å². The van der Waals surface area contributed by atoms with Crippen LogP contribution in [0.4, 0.5) is 4.39 Å². The van der Waals surface area contributed by atoms with E-state index in [0.717, 1.165) is 19.3 Å². The molecular weight excluding hydrogens is 183 g/mol. The Morgan fingerprint density at radius 1 is 1.22 bits per heavy atom. The molecule has 2 saturated carbocycles. The summed E-state index contributed by atoms with van der Waals surface area (Å²) < 4.78 is 12.1. The molecule has 2 aliphatic rings. The second-order valence-corrected chi connectivity index (χ2v) is 4.63. The average Bonchev–Trinajstić information content (AvgIpc) is 2.27. The van der Waals surface area contributed by atoms with Gasteiger partial charge in [0.25, 0.3) is 0 Å². The first-order valence-electron chi connectivity index (χ1n) is 3.54. The van der Waals surface area contributed by atoms with E-state index in [1.54, 1.807) is 0 Å². The van der Waals surface area contributed by atoms with Crippen LogP contribution in [-0.2, 0) is 0 Å². The number of alkyl halides is 2. The molecule has 0 bridgehead atoms. The van der Waals surface area contributed by atoms with Crippen molar-refractivity contribution in [3.05, 3.63) is 0 Å². The first-order valence-corrected chi connectivity index (χ1v) is 4.34. The topological polar surface area (TPSA) is 0 Å². The fourth-order valence-corrected chi connectivity index (χ4v) is 2.91. The van der Waals surface area contributed by atoms with E-state index < -0.39 is 4.58 Å². The Bertz CT molecular complexity index is 130. The zero-order valence-electron chi connectivity index (χ0n) is 5.29. The van der Waals surface area contributed by atoms with Crippen molar-refractivity contribution in [2.75, 3.05) is 0 Å². The Hall–Kier alpha value is 0.410. The smallest absolute Gasteiger partial charge is 0.171 e. The standard InChI is InChI=1S/C7H10BrF/c8-7(9)5-6(7)3-1-2-4-6/h1-5H2/t7-/m1/s1. The van der Waals surface area contributed by atoms with E-state index in [1.807, 2.05) is 0 Å². The van der Waals surface area contributed by atoms with Gasteiger partial charge in [0.2, 0.25) is 0 Å². The summed E-state index contributed by atoms with van der Waals surface area (Å²) in [5.74, 6) is 0. The van der Waals surface area contributed by atoms with Gasteiger partial charge in [0, 0.05) is 11.8 Å². The van der Waals surface area contributed by atoms with Crippen LogP contribution in [0.1, 0.15) is 32.1 Å². The van der Waals surface area contributed by atoms with Crippen molar-refractivity contribution >= 4 is 15.9 Å². The minimum atomic E-state index is -0.962. The third-order valence-electron chi connectivity index (χ3n) is 2.77. The highest BCUT2D eigenvalue weighted by Gasteiger charge is 2.67. The van der Waals surface area contributed by atoms with Gasteiger partial charge in [0.15, 0.2) is 4.58 Å². The van der Waals surface area contributed by atoms with Crippen LogP contribution < -0.4 is 0 Å². The van der Waals surface area contributed by atoms with Crippen molar-refractivity contribution in [3.63, 3.8) is 0 Å². The summed E-state index contributed by atoms with van der Waals surface area (Å²) in [6.45, 7) is 0. The van der Waals surface area contributed by atoms with Crippen molar-refractivity contribution in [2.45, 2.75) is 36.7 Å². The summed E-state index contributed by atoms with van der Waals surface area (Å²) in [6, 6.07) is 0. The van der Waals surface area contributed by atoms with Crippen molar-refractivity contribution in [2.24, 2.45) is 5.41 Å². The minimum absolute atomic E-state index is 0.0903. The SMILES string of the molecule is F[C@]1(Br)CC12CCCC2. The van der Waals surface area contributed by atoms with E-state index >= 15 is 0 Å². The number of rotatable bonds is 0. The van der Waals surface area contributed by atoms with E-state index in [-0.39, 0.29) is 5.41 Å². The van der Waals surface area contributed by atoms with Crippen LogP contribution >= 0.6 is 15.9 Å². The molecule has 52 valence electrons. The lowest BCUT2D eigenvalue weighted by Crippen LogP contribution is -2.02. The predicted octanol–water partition coefficient (Wildman–Crippen LogP) is 3.01. The number of halogens is 2. The number of hydrogen-bond acceptors (Lipinski definition) is 0. The fourth-order valence-electron chi connectivity index (χ4n) is 1.98. The largest absolute Gasteiger partial charge is 0.231 e. The van der Waals surface area contributed by atoms with Crippen LogP contribution in [0.15, 0.2) is 0 Å². The third kappa shape index (κ3) is 0.688. The molecule has 0 aliphatic heterocycles. The fraction of sp³-hybridized carbons (Fsp3) is 1.00. The summed E-state index contributed by atoms with van der Waals surface area (Å²) in [4.78, 5) is 0. The van der Waals surface area contributed by atoms with Gasteiger partial charge < -0.3 is 0 Å². The summed E-state index contributed by atoms with van der Waals surface area (Å²) >= 11 is 3.10. The van der Waals surface area contributed by atoms with Gasteiger partial charge >= 0.3 is 0 Å². The lowest BCUT2D eigenvalue weighted by Gasteiger charge is -2.05. The maximum Gasteiger partial charge on any atom is 0.171 e. The lowest BCUT2D eigenvalue weighted by molar-refractivity contribution is 0.337. The van der Waals surface area contributed by atoms with Crippen LogP contribution in [0, 0.1) is 5.41 Å². The normalized spacial score (nSPS) is 46.0. The monoisotopic (exact) mass is 192 g/mol. The van der Waals surface area contributed by atoms with Gasteiger partial charge in [-0.25, -0.2) is 4.39 Å². The zero-order chi connectivity index (χ0) is 6.54. The molecule has 0 amide bonds. The minimum Gasteiger partial charge on any atom is -0.231 e. The molecule has 1 atom stereocenters. The third-order valence-corrected chi connectivity index (χ3v) is 3.89. The van der Waals surface area contributed by atoms with Gasteiger partial charge in [-0.3, -0.25) is 0 Å². The van der Waals surface area contributed by atoms with E-state index in [2.05, 4.69) is 15.9 Å². The van der Waals surface area contributed by atoms with Crippen LogP contribution in [0.2, 0.25) is 0 Å². The Kier molecular flexibility index (Phi) is 1.04. The van der Waals surface area contributed by atoms with Crippen molar-refractivity contribution in [1.29, 1.82) is 0 Å². The maximum atomic E-state index is 13.1. The molecule has 0 aromatic carbocycles. The molecule has 0 nitrogen and oxygen atoms in total. The molecule has 0 saturated heterocycles. The van der Waals surface area contributed by atoms with Crippen molar-refractivity contribution in [1.82, 2.24) is 0 Å². The molecule has 0 unspecified atom stereocenters. The first kappa shape index (κ1) is 6.14. The Morgan fingerprint density at radius 2 is 1.67 bits per heavy atom. The quantitative estimate of drug-likeness (QED) is 0.518. The highest BCUT2D eigenvalue weighted by Crippen LogP contribution is 2.70. The van der Waals surface area contributed by atoms with Gasteiger partial charge in [-0.05, 0) is 28.8 Å². The Morgan fingerprint density at radius 3 is 1.89 bits per heavy atom. The number of hydrogen-bond donors (Lipinski definition) is 0. The summed E-state index contributed by atoms with van der Waals surface area (Å²) in [6.07, 6.45) is 5.44. The van der Waals surface area contributed by atoms with Gasteiger partial charge in [-0.1, -0.05) is 12.8 Å². The molecule has 2 aliphatic carbocycles. The molecule has 9 heavy (non-hydrogen) atoms. The predicted molar refractivity (Wildman–Crippen MR) is 38.3 cm³/mol. The molecular formula is C7H10BrF. The van der Waals surface area contributed by atoms with Gasteiger partial charge in [-0.15, -0.1) is 0 Å². The summed E-state index contributed by atoms with van der Waals surface area (Å²) in [5, 5.41) is 0. The molecule has 0 aromatic rings. The molecule has 2 heteroatoms. The van der Waals surface area contributed by atoms with E-state index in [9.17, 15) is 4.39 Å². The molecule has 0 heterocycles. The molecule has 0 aromatic heterocycles. The Labute approximate surface area is 63.0 Å². The molecule has 2 rings (SSSR count). The Balaban J connectivity index is 2.13. The van der Waals surface area contributed by atoms with Crippen LogP contribution in [0.5, 0.6) is 0 Å². The molecule has 2 fully saturated rings. The van der Waals surface area contributed by atoms with Crippen LogP contribution in [-0.4, -0.2) is 4.58 Å². The molecule has 0 radical (unpaired) electrons. The van der Waals surface area contributed by atoms with E-state index in [4.69, 9.17) is 0 Å². The van der Waals surface area contributed by atoms with Crippen molar-refractivity contribution in [3.8, 4) is 0 Å². The van der Waals surface area contributed by atoms with Gasteiger partial charge in [0.1, 0.15) is 0 Å². The molecule has 0 N–H and O–H groups in total. The second kappa shape index (κ2) is 1.52. The zero-order valence-corrected chi connectivity index (χ0v) is 6.88. The maximum absolute atomic E-state index is 13.1. The molecule has 1 spiro atoms. The highest BCUT2D eigenvalue weighted by atomic mass is 79.9. The second-order valence-electron chi connectivity index (χ2n) is 3.37. The van der Waals surface area contributed by atoms with Gasteiger partial charge in [0.05, 0.1) is 0 Å². The van der Waals surface area contributed by atoms with E-state index in [1.165, 1.54) is 12.8 Å². The van der Waals surface area contributed by atoms with E-state index in [0.29, 0.717) is 0 Å². The highest BCUT2D eigenvalue weighted by molar-refractivity contribution is 9.10. The van der Waals surface area contributed by atoms with Crippen molar-refractivity contribution < 1.29 is 4.39 Å². The summed E-state index contributed by atoms with van der Waals surface area (Å²) in [7, 11) is 0. The average molecular weight is 193 g/mol. The van der Waals surface area contributed by atoms with Crippen LogP contribution in [0.25, 0.3) is 0 Å². The summed E-state index contributed by atoms with van der Waals surface area (Å²) in [5.41, 5.74) is 0.0903.